The van der Waals surface area contributed by atoms with Crippen molar-refractivity contribution >= 4 is 0 Å². The average Bonchev–Trinajstić information content (AvgIpc) is 2.37. The predicted octanol–water partition coefficient (Wildman–Crippen LogP) is 4.76. The van der Waals surface area contributed by atoms with Crippen LogP contribution in [0.5, 0.6) is 0 Å². The van der Waals surface area contributed by atoms with Crippen molar-refractivity contribution in [1.82, 2.24) is 5.32 Å². The Morgan fingerprint density at radius 3 is 2.12 bits per heavy atom. The van der Waals surface area contributed by atoms with Gasteiger partial charge in [-0.25, -0.2) is 0 Å². The van der Waals surface area contributed by atoms with Gasteiger partial charge in [-0.15, -0.1) is 0 Å². The largest absolute Gasteiger partial charge is 0.314 e. The highest BCUT2D eigenvalue weighted by Crippen LogP contribution is 2.33. The summed E-state index contributed by atoms with van der Waals surface area (Å²) >= 11 is 0. The van der Waals surface area contributed by atoms with E-state index < -0.39 is 0 Å². The van der Waals surface area contributed by atoms with Crippen LogP contribution in [-0.4, -0.2) is 12.6 Å². The number of hydrogen-bond donors (Lipinski definition) is 1. The van der Waals surface area contributed by atoms with Gasteiger partial charge in [-0.1, -0.05) is 59.3 Å². The molecule has 1 rings (SSSR count). The first-order valence-corrected chi connectivity index (χ1v) is 8.03. The highest BCUT2D eigenvalue weighted by Gasteiger charge is 2.20. The zero-order valence-electron chi connectivity index (χ0n) is 12.3. The second kappa shape index (κ2) is 8.97. The van der Waals surface area contributed by atoms with Crippen LogP contribution in [0.4, 0.5) is 0 Å². The molecule has 0 saturated heterocycles. The molecule has 1 heteroatoms. The summed E-state index contributed by atoms with van der Waals surface area (Å²) in [6, 6.07) is 0.786. The molecule has 1 saturated carbocycles. The van der Waals surface area contributed by atoms with E-state index in [2.05, 4.69) is 26.1 Å². The molecule has 0 bridgehead atoms. The lowest BCUT2D eigenvalue weighted by Gasteiger charge is -2.29. The minimum absolute atomic E-state index is 0.786. The fraction of sp³-hybridized carbons (Fsp3) is 1.00. The highest BCUT2D eigenvalue weighted by molar-refractivity contribution is 4.74. The molecule has 102 valence electrons. The molecular formula is C16H33N. The molecule has 1 fully saturated rings. The molecule has 1 nitrogen and oxygen atoms in total. The van der Waals surface area contributed by atoms with Gasteiger partial charge in [0.15, 0.2) is 0 Å². The molecule has 0 aromatic rings. The van der Waals surface area contributed by atoms with E-state index in [0.29, 0.717) is 0 Å². The Balaban J connectivity index is 2.16. The Labute approximate surface area is 109 Å². The van der Waals surface area contributed by atoms with Crippen LogP contribution < -0.4 is 5.32 Å². The van der Waals surface area contributed by atoms with Gasteiger partial charge in [-0.05, 0) is 37.6 Å². The molecule has 1 atom stereocenters. The lowest BCUT2D eigenvalue weighted by atomic mass is 9.78. The minimum Gasteiger partial charge on any atom is -0.314 e. The third-order valence-electron chi connectivity index (χ3n) is 4.60. The second-order valence-electron chi connectivity index (χ2n) is 5.92. The van der Waals surface area contributed by atoms with Crippen molar-refractivity contribution in [2.24, 2.45) is 11.8 Å². The first kappa shape index (κ1) is 15.0. The maximum Gasteiger partial charge on any atom is 0.00669 e. The van der Waals surface area contributed by atoms with E-state index in [0.717, 1.165) is 24.4 Å². The summed E-state index contributed by atoms with van der Waals surface area (Å²) in [6.07, 6.45) is 13.0. The fourth-order valence-electron chi connectivity index (χ4n) is 3.35. The van der Waals surface area contributed by atoms with Gasteiger partial charge in [0.1, 0.15) is 0 Å². The first-order valence-electron chi connectivity index (χ1n) is 8.03. The van der Waals surface area contributed by atoms with Crippen LogP contribution in [0.3, 0.4) is 0 Å². The molecule has 0 aromatic heterocycles. The van der Waals surface area contributed by atoms with Gasteiger partial charge in [0.25, 0.3) is 0 Å². The van der Waals surface area contributed by atoms with Gasteiger partial charge >= 0.3 is 0 Å². The van der Waals surface area contributed by atoms with Crippen molar-refractivity contribution < 1.29 is 0 Å². The maximum atomic E-state index is 3.64. The predicted molar refractivity (Wildman–Crippen MR) is 77.3 cm³/mol. The van der Waals surface area contributed by atoms with Crippen LogP contribution in [0.1, 0.15) is 78.6 Å². The van der Waals surface area contributed by atoms with E-state index in [9.17, 15) is 0 Å². The molecule has 1 aliphatic rings. The molecule has 1 aliphatic carbocycles. The van der Waals surface area contributed by atoms with E-state index in [4.69, 9.17) is 0 Å². The molecule has 0 spiro atoms. The molecule has 0 amide bonds. The Kier molecular flexibility index (Phi) is 7.92. The van der Waals surface area contributed by atoms with E-state index in [-0.39, 0.29) is 0 Å². The summed E-state index contributed by atoms with van der Waals surface area (Å²) in [6.45, 7) is 8.02. The quantitative estimate of drug-likeness (QED) is 0.644. The van der Waals surface area contributed by atoms with Crippen LogP contribution in [-0.2, 0) is 0 Å². The molecule has 1 unspecified atom stereocenters. The van der Waals surface area contributed by atoms with Gasteiger partial charge < -0.3 is 5.32 Å². The monoisotopic (exact) mass is 239 g/mol. The molecule has 0 aromatic carbocycles. The maximum absolute atomic E-state index is 3.64. The molecule has 0 heterocycles. The van der Waals surface area contributed by atoms with Crippen LogP contribution in [0, 0.1) is 11.8 Å². The summed E-state index contributed by atoms with van der Waals surface area (Å²) in [7, 11) is 0. The summed E-state index contributed by atoms with van der Waals surface area (Å²) in [5, 5.41) is 3.64. The summed E-state index contributed by atoms with van der Waals surface area (Å²) in [4.78, 5) is 0. The van der Waals surface area contributed by atoms with Crippen molar-refractivity contribution in [1.29, 1.82) is 0 Å². The standard InChI is InChI=1S/C16H33N/c1-4-7-16(17-6-3)13-12-15-10-8-14(5-2)9-11-15/h14-17H,4-13H2,1-3H3. The molecule has 1 N–H and O–H groups in total. The van der Waals surface area contributed by atoms with Crippen molar-refractivity contribution in [2.45, 2.75) is 84.6 Å². The Morgan fingerprint density at radius 2 is 1.59 bits per heavy atom. The first-order chi connectivity index (χ1) is 8.30. The second-order valence-corrected chi connectivity index (χ2v) is 5.92. The van der Waals surface area contributed by atoms with Gasteiger partial charge in [0, 0.05) is 6.04 Å². The summed E-state index contributed by atoms with van der Waals surface area (Å²) in [5.41, 5.74) is 0. The Bertz CT molecular complexity index is 164. The lowest BCUT2D eigenvalue weighted by Crippen LogP contribution is -2.29. The van der Waals surface area contributed by atoms with Crippen molar-refractivity contribution in [3.63, 3.8) is 0 Å². The van der Waals surface area contributed by atoms with Crippen LogP contribution in [0.25, 0.3) is 0 Å². The normalized spacial score (nSPS) is 27.0. The zero-order chi connectivity index (χ0) is 12.5. The average molecular weight is 239 g/mol. The van der Waals surface area contributed by atoms with Crippen molar-refractivity contribution in [3.8, 4) is 0 Å². The van der Waals surface area contributed by atoms with Crippen molar-refractivity contribution in [3.05, 3.63) is 0 Å². The minimum atomic E-state index is 0.786. The van der Waals surface area contributed by atoms with Gasteiger partial charge in [0.2, 0.25) is 0 Å². The fourth-order valence-corrected chi connectivity index (χ4v) is 3.35. The SMILES string of the molecule is CCCC(CCC1CCC(CC)CC1)NCC. The smallest absolute Gasteiger partial charge is 0.00669 e. The van der Waals surface area contributed by atoms with Gasteiger partial charge in [0.05, 0.1) is 0 Å². The molecule has 17 heavy (non-hydrogen) atoms. The molecule has 0 aliphatic heterocycles. The van der Waals surface area contributed by atoms with Crippen LogP contribution in [0.15, 0.2) is 0 Å². The third kappa shape index (κ3) is 5.90. The van der Waals surface area contributed by atoms with E-state index in [1.54, 1.807) is 0 Å². The molecular weight excluding hydrogens is 206 g/mol. The van der Waals surface area contributed by atoms with Gasteiger partial charge in [-0.2, -0.15) is 0 Å². The Hall–Kier alpha value is -0.0400. The highest BCUT2D eigenvalue weighted by atomic mass is 14.9. The van der Waals surface area contributed by atoms with Crippen molar-refractivity contribution in [2.75, 3.05) is 6.54 Å². The lowest BCUT2D eigenvalue weighted by molar-refractivity contribution is 0.246. The third-order valence-corrected chi connectivity index (χ3v) is 4.60. The van der Waals surface area contributed by atoms with Crippen LogP contribution in [0.2, 0.25) is 0 Å². The summed E-state index contributed by atoms with van der Waals surface area (Å²) < 4.78 is 0. The van der Waals surface area contributed by atoms with Crippen LogP contribution >= 0.6 is 0 Å². The zero-order valence-corrected chi connectivity index (χ0v) is 12.3. The number of rotatable bonds is 8. The van der Waals surface area contributed by atoms with Gasteiger partial charge in [-0.3, -0.25) is 0 Å². The number of nitrogens with one attached hydrogen (secondary N) is 1. The topological polar surface area (TPSA) is 12.0 Å². The summed E-state index contributed by atoms with van der Waals surface area (Å²) in [5.74, 6) is 2.09. The van der Waals surface area contributed by atoms with E-state index in [1.807, 2.05) is 0 Å². The van der Waals surface area contributed by atoms with E-state index >= 15 is 0 Å². The Morgan fingerprint density at radius 1 is 0.941 bits per heavy atom. The number of hydrogen-bond acceptors (Lipinski definition) is 1. The van der Waals surface area contributed by atoms with E-state index in [1.165, 1.54) is 57.8 Å². The molecule has 0 radical (unpaired) electrons.